The van der Waals surface area contributed by atoms with E-state index < -0.39 is 24.0 Å². The normalized spacial score (nSPS) is 13.0. The van der Waals surface area contributed by atoms with Crippen molar-refractivity contribution in [3.63, 3.8) is 0 Å². The summed E-state index contributed by atoms with van der Waals surface area (Å²) in [6, 6.07) is 19.6. The number of hydrogen-bond acceptors (Lipinski definition) is 4. The highest BCUT2D eigenvalue weighted by Crippen LogP contribution is 2.44. The molecule has 0 fully saturated rings. The maximum Gasteiger partial charge on any atom is 0.407 e. The second-order valence-corrected chi connectivity index (χ2v) is 9.59. The predicted octanol–water partition coefficient (Wildman–Crippen LogP) is 5.65. The number of amides is 2. The molecule has 0 heterocycles. The number of halogens is 1. The van der Waals surface area contributed by atoms with Crippen LogP contribution in [0.1, 0.15) is 41.3 Å². The number of benzene rings is 3. The van der Waals surface area contributed by atoms with Crippen molar-refractivity contribution in [3.8, 4) is 11.1 Å². The Morgan fingerprint density at radius 3 is 2.14 bits per heavy atom. The van der Waals surface area contributed by atoms with Gasteiger partial charge in [-0.05, 0) is 46.4 Å². The molecule has 3 N–H and O–H groups in total. The molecule has 1 atom stereocenters. The molecule has 7 nitrogen and oxygen atoms in total. The summed E-state index contributed by atoms with van der Waals surface area (Å²) in [5.41, 5.74) is 4.52. The van der Waals surface area contributed by atoms with E-state index in [-0.39, 0.29) is 29.7 Å². The van der Waals surface area contributed by atoms with Gasteiger partial charge in [0.15, 0.2) is 0 Å². The zero-order valence-electron chi connectivity index (χ0n) is 19.2. The monoisotopic (exact) mass is 536 g/mol. The predicted molar refractivity (Wildman–Crippen MR) is 137 cm³/mol. The number of carbonyl (C=O) groups excluding carboxylic acids is 2. The number of ether oxygens (including phenoxy) is 1. The Morgan fingerprint density at radius 2 is 1.57 bits per heavy atom. The van der Waals surface area contributed by atoms with E-state index in [9.17, 15) is 19.5 Å². The molecule has 3 aromatic rings. The van der Waals surface area contributed by atoms with Crippen LogP contribution in [0.5, 0.6) is 0 Å². The van der Waals surface area contributed by atoms with E-state index in [0.717, 1.165) is 22.3 Å². The standard InChI is InChI=1S/C27H25BrN2O5/c1-15(2)24(25(31)29-23-13-16(28)11-12-21(23)26(32)33)30-27(34)35-14-22-19-9-5-3-7-17(19)18-8-4-6-10-20(18)22/h3-13,15,22,24H,14H2,1-2H3,(H,29,31)(H,30,34)(H,32,33)/t24-/m0/s1. The highest BCUT2D eigenvalue weighted by molar-refractivity contribution is 9.10. The molecule has 0 spiro atoms. The van der Waals surface area contributed by atoms with E-state index in [0.29, 0.717) is 4.47 Å². The van der Waals surface area contributed by atoms with E-state index in [1.165, 1.54) is 12.1 Å². The van der Waals surface area contributed by atoms with Crippen LogP contribution in [-0.2, 0) is 9.53 Å². The third-order valence-corrected chi connectivity index (χ3v) is 6.53. The first kappa shape index (κ1) is 24.5. The number of rotatable bonds is 7. The summed E-state index contributed by atoms with van der Waals surface area (Å²) in [5.74, 6) is -2.07. The molecule has 8 heteroatoms. The lowest BCUT2D eigenvalue weighted by Gasteiger charge is -2.22. The minimum atomic E-state index is -1.17. The third kappa shape index (κ3) is 5.22. The maximum absolute atomic E-state index is 13.0. The number of carbonyl (C=O) groups is 3. The molecule has 35 heavy (non-hydrogen) atoms. The van der Waals surface area contributed by atoms with Crippen molar-refractivity contribution in [2.75, 3.05) is 11.9 Å². The van der Waals surface area contributed by atoms with Gasteiger partial charge in [-0.1, -0.05) is 78.3 Å². The topological polar surface area (TPSA) is 105 Å². The van der Waals surface area contributed by atoms with Gasteiger partial charge in [0.2, 0.25) is 5.91 Å². The summed E-state index contributed by atoms with van der Waals surface area (Å²) in [4.78, 5) is 37.2. The van der Waals surface area contributed by atoms with Crippen LogP contribution in [0.25, 0.3) is 11.1 Å². The highest BCUT2D eigenvalue weighted by atomic mass is 79.9. The van der Waals surface area contributed by atoms with E-state index in [2.05, 4.69) is 38.7 Å². The number of aromatic carboxylic acids is 1. The summed E-state index contributed by atoms with van der Waals surface area (Å²) in [6.45, 7) is 3.70. The van der Waals surface area contributed by atoms with Crippen LogP contribution in [0.4, 0.5) is 10.5 Å². The number of alkyl carbamates (subject to hydrolysis) is 1. The summed E-state index contributed by atoms with van der Waals surface area (Å²) in [6.07, 6.45) is -0.714. The fourth-order valence-corrected chi connectivity index (χ4v) is 4.68. The molecule has 0 saturated heterocycles. The lowest BCUT2D eigenvalue weighted by Crippen LogP contribution is -2.47. The van der Waals surface area contributed by atoms with Gasteiger partial charge >= 0.3 is 12.1 Å². The molecule has 0 aromatic heterocycles. The van der Waals surface area contributed by atoms with Crippen LogP contribution in [0, 0.1) is 5.92 Å². The van der Waals surface area contributed by atoms with Crippen LogP contribution in [0.3, 0.4) is 0 Å². The van der Waals surface area contributed by atoms with Gasteiger partial charge in [-0.2, -0.15) is 0 Å². The molecule has 3 aromatic carbocycles. The second kappa shape index (κ2) is 10.3. The Hall–Kier alpha value is -3.65. The molecule has 0 aliphatic heterocycles. The molecule has 1 aliphatic carbocycles. The number of fused-ring (bicyclic) bond motifs is 3. The van der Waals surface area contributed by atoms with Crippen molar-refractivity contribution in [3.05, 3.63) is 87.9 Å². The molecular weight excluding hydrogens is 512 g/mol. The van der Waals surface area contributed by atoms with Gasteiger partial charge < -0.3 is 20.5 Å². The lowest BCUT2D eigenvalue weighted by molar-refractivity contribution is -0.119. The number of anilines is 1. The van der Waals surface area contributed by atoms with Gasteiger partial charge in [-0.15, -0.1) is 0 Å². The van der Waals surface area contributed by atoms with Crippen molar-refractivity contribution in [1.82, 2.24) is 5.32 Å². The number of nitrogens with one attached hydrogen (secondary N) is 2. The van der Waals surface area contributed by atoms with Gasteiger partial charge in [-0.3, -0.25) is 4.79 Å². The number of carboxylic acid groups (broad SMARTS) is 1. The highest BCUT2D eigenvalue weighted by Gasteiger charge is 2.30. The van der Waals surface area contributed by atoms with Crippen LogP contribution >= 0.6 is 15.9 Å². The Labute approximate surface area is 211 Å². The van der Waals surface area contributed by atoms with E-state index in [1.54, 1.807) is 19.9 Å². The first-order valence-electron chi connectivity index (χ1n) is 11.2. The van der Waals surface area contributed by atoms with Gasteiger partial charge in [0.25, 0.3) is 0 Å². The Balaban J connectivity index is 1.45. The van der Waals surface area contributed by atoms with Gasteiger partial charge in [0, 0.05) is 10.4 Å². The molecule has 1 aliphatic rings. The van der Waals surface area contributed by atoms with E-state index in [1.807, 2.05) is 36.4 Å². The molecule has 2 amide bonds. The van der Waals surface area contributed by atoms with E-state index in [4.69, 9.17) is 4.74 Å². The molecular formula is C27H25BrN2O5. The van der Waals surface area contributed by atoms with Crippen LogP contribution in [0.2, 0.25) is 0 Å². The Morgan fingerprint density at radius 1 is 0.971 bits per heavy atom. The fourth-order valence-electron chi connectivity index (χ4n) is 4.32. The molecule has 0 saturated carbocycles. The van der Waals surface area contributed by atoms with Crippen molar-refractivity contribution < 1.29 is 24.2 Å². The van der Waals surface area contributed by atoms with Gasteiger partial charge in [0.1, 0.15) is 12.6 Å². The molecule has 4 rings (SSSR count). The quantitative estimate of drug-likeness (QED) is 0.362. The van der Waals surface area contributed by atoms with Crippen molar-refractivity contribution >= 4 is 39.6 Å². The van der Waals surface area contributed by atoms with Crippen LogP contribution in [-0.4, -0.2) is 35.7 Å². The largest absolute Gasteiger partial charge is 0.478 e. The zero-order valence-corrected chi connectivity index (χ0v) is 20.8. The van der Waals surface area contributed by atoms with Crippen molar-refractivity contribution in [2.24, 2.45) is 5.92 Å². The van der Waals surface area contributed by atoms with E-state index >= 15 is 0 Å². The molecule has 180 valence electrons. The first-order valence-corrected chi connectivity index (χ1v) is 12.0. The Bertz CT molecular complexity index is 1240. The summed E-state index contributed by atoms with van der Waals surface area (Å²) in [7, 11) is 0. The van der Waals surface area contributed by atoms with Gasteiger partial charge in [0.05, 0.1) is 11.3 Å². The minimum Gasteiger partial charge on any atom is -0.478 e. The maximum atomic E-state index is 13.0. The first-order chi connectivity index (χ1) is 16.8. The summed E-state index contributed by atoms with van der Waals surface area (Å²) in [5, 5.41) is 14.7. The lowest BCUT2D eigenvalue weighted by atomic mass is 9.98. The van der Waals surface area contributed by atoms with Crippen molar-refractivity contribution in [1.29, 1.82) is 0 Å². The Kier molecular flexibility index (Phi) is 7.21. The molecule has 0 unspecified atom stereocenters. The summed E-state index contributed by atoms with van der Waals surface area (Å²) < 4.78 is 6.18. The zero-order chi connectivity index (χ0) is 25.1. The molecule has 0 radical (unpaired) electrons. The molecule has 0 bridgehead atoms. The van der Waals surface area contributed by atoms with Crippen LogP contribution < -0.4 is 10.6 Å². The third-order valence-electron chi connectivity index (χ3n) is 6.04. The second-order valence-electron chi connectivity index (χ2n) is 8.68. The number of carboxylic acids is 1. The van der Waals surface area contributed by atoms with Crippen LogP contribution in [0.15, 0.2) is 71.2 Å². The average molecular weight is 537 g/mol. The van der Waals surface area contributed by atoms with Crippen molar-refractivity contribution in [2.45, 2.75) is 25.8 Å². The SMILES string of the molecule is CC(C)[C@H](NC(=O)OCC1c2ccccc2-c2ccccc21)C(=O)Nc1cc(Br)ccc1C(=O)O. The summed E-state index contributed by atoms with van der Waals surface area (Å²) >= 11 is 3.28. The smallest absolute Gasteiger partial charge is 0.407 e. The fraction of sp³-hybridized carbons (Fsp3) is 0.222. The van der Waals surface area contributed by atoms with Gasteiger partial charge in [-0.25, -0.2) is 9.59 Å². The average Bonchev–Trinajstić information content (AvgIpc) is 3.14. The minimum absolute atomic E-state index is 0.0507. The number of hydrogen-bond donors (Lipinski definition) is 3.